The van der Waals surface area contributed by atoms with Gasteiger partial charge in [-0.3, -0.25) is 14.7 Å². The van der Waals surface area contributed by atoms with Crippen LogP contribution in [0.25, 0.3) is 6.08 Å². The maximum atomic E-state index is 13.0. The highest BCUT2D eigenvalue weighted by Crippen LogP contribution is 2.42. The van der Waals surface area contributed by atoms with Gasteiger partial charge in [0.25, 0.3) is 0 Å². The minimum absolute atomic E-state index is 0.135. The molecule has 2 aliphatic heterocycles. The second kappa shape index (κ2) is 9.54. The van der Waals surface area contributed by atoms with E-state index in [-0.39, 0.29) is 30.5 Å². The second-order valence-corrected chi connectivity index (χ2v) is 8.33. The Balaban J connectivity index is 1.52. The second-order valence-electron chi connectivity index (χ2n) is 8.33. The first-order valence-corrected chi connectivity index (χ1v) is 11.0. The third-order valence-corrected chi connectivity index (χ3v) is 6.48. The largest absolute Gasteiger partial charge is 0.395 e. The fourth-order valence-corrected chi connectivity index (χ4v) is 4.98. The molecule has 3 atom stereocenters. The van der Waals surface area contributed by atoms with E-state index in [2.05, 4.69) is 40.2 Å². The van der Waals surface area contributed by atoms with Crippen LogP contribution in [-0.4, -0.2) is 64.1 Å². The van der Waals surface area contributed by atoms with Gasteiger partial charge in [0.05, 0.1) is 13.0 Å². The lowest BCUT2D eigenvalue weighted by Gasteiger charge is -2.57. The quantitative estimate of drug-likeness (QED) is 0.831. The minimum Gasteiger partial charge on any atom is -0.395 e. The van der Waals surface area contributed by atoms with Crippen molar-refractivity contribution in [3.63, 3.8) is 0 Å². The van der Waals surface area contributed by atoms with Crippen molar-refractivity contribution in [1.82, 2.24) is 14.8 Å². The van der Waals surface area contributed by atoms with E-state index >= 15 is 0 Å². The summed E-state index contributed by atoms with van der Waals surface area (Å²) < 4.78 is 0. The van der Waals surface area contributed by atoms with Crippen LogP contribution in [0.4, 0.5) is 0 Å². The third-order valence-electron chi connectivity index (χ3n) is 6.48. The topological polar surface area (TPSA) is 56.7 Å². The Labute approximate surface area is 179 Å². The van der Waals surface area contributed by atoms with Crippen LogP contribution in [0.5, 0.6) is 0 Å². The smallest absolute Gasteiger partial charge is 0.227 e. The Bertz CT molecular complexity index is 866. The number of aliphatic hydroxyl groups is 1. The van der Waals surface area contributed by atoms with Crippen LogP contribution in [0.1, 0.15) is 42.4 Å². The molecule has 4 rings (SSSR count). The fourth-order valence-electron chi connectivity index (χ4n) is 4.98. The highest BCUT2D eigenvalue weighted by molar-refractivity contribution is 5.78. The summed E-state index contributed by atoms with van der Waals surface area (Å²) in [5, 5.41) is 10.1. The van der Waals surface area contributed by atoms with Crippen LogP contribution < -0.4 is 0 Å². The molecule has 2 saturated heterocycles. The van der Waals surface area contributed by atoms with E-state index in [9.17, 15) is 9.90 Å². The molecule has 0 saturated carbocycles. The zero-order chi connectivity index (χ0) is 20.9. The Morgan fingerprint density at radius 1 is 1.20 bits per heavy atom. The van der Waals surface area contributed by atoms with Crippen LogP contribution in [-0.2, 0) is 11.2 Å². The van der Waals surface area contributed by atoms with Gasteiger partial charge < -0.3 is 10.0 Å². The number of benzene rings is 1. The van der Waals surface area contributed by atoms with Crippen LogP contribution in [0, 0.1) is 0 Å². The van der Waals surface area contributed by atoms with Crippen LogP contribution in [0.2, 0.25) is 0 Å². The van der Waals surface area contributed by atoms with E-state index in [0.717, 1.165) is 38.0 Å². The van der Waals surface area contributed by atoms with Crippen molar-refractivity contribution in [3.8, 4) is 0 Å². The minimum atomic E-state index is 0.135. The van der Waals surface area contributed by atoms with Crippen molar-refractivity contribution >= 4 is 12.0 Å². The van der Waals surface area contributed by atoms with Gasteiger partial charge in [0.15, 0.2) is 0 Å². The number of hydrogen-bond acceptors (Lipinski definition) is 4. The average molecular weight is 406 g/mol. The van der Waals surface area contributed by atoms with E-state index in [1.54, 1.807) is 12.4 Å². The molecular weight excluding hydrogens is 374 g/mol. The molecule has 1 amide bonds. The molecule has 2 aliphatic rings. The molecule has 3 heterocycles. The molecule has 5 nitrogen and oxygen atoms in total. The van der Waals surface area contributed by atoms with Gasteiger partial charge >= 0.3 is 0 Å². The summed E-state index contributed by atoms with van der Waals surface area (Å²) in [5.41, 5.74) is 3.40. The summed E-state index contributed by atoms with van der Waals surface area (Å²) in [5.74, 6) is 0.418. The van der Waals surface area contributed by atoms with Crippen molar-refractivity contribution in [2.75, 3.05) is 26.2 Å². The van der Waals surface area contributed by atoms with Gasteiger partial charge in [0.2, 0.25) is 5.91 Å². The van der Waals surface area contributed by atoms with Crippen LogP contribution in [0.3, 0.4) is 0 Å². The van der Waals surface area contributed by atoms with E-state index in [0.29, 0.717) is 6.42 Å². The first-order chi connectivity index (χ1) is 14.7. The predicted molar refractivity (Wildman–Crippen MR) is 119 cm³/mol. The van der Waals surface area contributed by atoms with E-state index in [1.807, 2.05) is 30.0 Å². The number of amides is 1. The van der Waals surface area contributed by atoms with Crippen molar-refractivity contribution in [2.24, 2.45) is 0 Å². The monoisotopic (exact) mass is 405 g/mol. The maximum Gasteiger partial charge on any atom is 0.227 e. The molecule has 5 heteroatoms. The molecular formula is C25H31N3O2. The molecule has 30 heavy (non-hydrogen) atoms. The van der Waals surface area contributed by atoms with Crippen LogP contribution >= 0.6 is 0 Å². The number of carbonyl (C=O) groups excluding carboxylic acids is 1. The summed E-state index contributed by atoms with van der Waals surface area (Å²) in [6.07, 6.45) is 10.1. The Kier molecular flexibility index (Phi) is 6.60. The number of nitrogens with zero attached hydrogens (tertiary/aromatic N) is 3. The highest BCUT2D eigenvalue weighted by atomic mass is 16.3. The number of aliphatic hydroxyl groups excluding tert-OH is 1. The lowest BCUT2D eigenvalue weighted by atomic mass is 9.74. The number of aromatic nitrogens is 1. The number of rotatable bonds is 5. The molecule has 2 aromatic rings. The molecule has 1 aromatic heterocycles. The average Bonchev–Trinajstić information content (AvgIpc) is 2.74. The van der Waals surface area contributed by atoms with Gasteiger partial charge in [0, 0.05) is 43.5 Å². The van der Waals surface area contributed by atoms with Crippen LogP contribution in [0.15, 0.2) is 54.9 Å². The lowest BCUT2D eigenvalue weighted by molar-refractivity contribution is -0.135. The van der Waals surface area contributed by atoms with Crippen molar-refractivity contribution in [1.29, 1.82) is 0 Å². The Morgan fingerprint density at radius 2 is 2.00 bits per heavy atom. The van der Waals surface area contributed by atoms with Crippen molar-refractivity contribution < 1.29 is 9.90 Å². The molecule has 2 fully saturated rings. The number of fused-ring (bicyclic) bond motifs is 1. The van der Waals surface area contributed by atoms with Gasteiger partial charge in [-0.15, -0.1) is 0 Å². The van der Waals surface area contributed by atoms with Gasteiger partial charge in [-0.25, -0.2) is 0 Å². The molecule has 0 unspecified atom stereocenters. The first-order valence-electron chi connectivity index (χ1n) is 11.0. The van der Waals surface area contributed by atoms with Gasteiger partial charge in [-0.2, -0.15) is 0 Å². The Hall–Kier alpha value is -2.50. The molecule has 0 spiro atoms. The normalized spacial score (nSPS) is 24.7. The molecule has 1 N–H and O–H groups in total. The standard InChI is InChI=1S/C25H31N3O2/c1-2-6-19-8-10-21(11-9-19)25-22-17-27(13-3-4-14-28(22)23(25)18-29)24(30)15-20-7-5-12-26-16-20/h2,5-12,16,22-23,25,29H,3-4,13-15,17-18H2,1H3/t22-,23+,25+/m0/s1. The summed E-state index contributed by atoms with van der Waals surface area (Å²) in [4.78, 5) is 21.6. The number of carbonyl (C=O) groups is 1. The van der Waals surface area contributed by atoms with Gasteiger partial charge in [0.1, 0.15) is 0 Å². The number of allylic oxidation sites excluding steroid dienone is 1. The first kappa shape index (κ1) is 20.8. The lowest BCUT2D eigenvalue weighted by Crippen LogP contribution is -2.68. The summed E-state index contributed by atoms with van der Waals surface area (Å²) in [7, 11) is 0. The highest BCUT2D eigenvalue weighted by Gasteiger charge is 2.49. The SMILES string of the molecule is CC=Cc1ccc([C@H]2[C@@H](CO)N3CCCCN(C(=O)Cc4cccnc4)C[C@@H]23)cc1. The molecule has 0 aliphatic carbocycles. The molecule has 0 radical (unpaired) electrons. The van der Waals surface area contributed by atoms with E-state index in [4.69, 9.17) is 0 Å². The van der Waals surface area contributed by atoms with E-state index < -0.39 is 0 Å². The van der Waals surface area contributed by atoms with Gasteiger partial charge in [-0.05, 0) is 49.1 Å². The van der Waals surface area contributed by atoms with Crippen molar-refractivity contribution in [3.05, 3.63) is 71.6 Å². The zero-order valence-electron chi connectivity index (χ0n) is 17.7. The third kappa shape index (κ3) is 4.32. The summed E-state index contributed by atoms with van der Waals surface area (Å²) >= 11 is 0. The number of pyridine rings is 1. The molecule has 158 valence electrons. The molecule has 1 aromatic carbocycles. The maximum absolute atomic E-state index is 13.0. The summed E-state index contributed by atoms with van der Waals surface area (Å²) in [6, 6.07) is 12.9. The fraction of sp³-hybridized carbons (Fsp3) is 0.440. The summed E-state index contributed by atoms with van der Waals surface area (Å²) in [6.45, 7) is 4.69. The zero-order valence-corrected chi connectivity index (χ0v) is 17.7. The van der Waals surface area contributed by atoms with E-state index in [1.165, 1.54) is 11.1 Å². The Morgan fingerprint density at radius 3 is 2.70 bits per heavy atom. The number of hydrogen-bond donors (Lipinski definition) is 1. The van der Waals surface area contributed by atoms with Gasteiger partial charge in [-0.1, -0.05) is 42.5 Å². The molecule has 0 bridgehead atoms. The van der Waals surface area contributed by atoms with Crippen molar-refractivity contribution in [2.45, 2.75) is 44.2 Å². The predicted octanol–water partition coefficient (Wildman–Crippen LogP) is 3.11.